The zero-order valence-corrected chi connectivity index (χ0v) is 24.0. The predicted molar refractivity (Wildman–Crippen MR) is 158 cm³/mol. The quantitative estimate of drug-likeness (QED) is 0.160. The van der Waals surface area contributed by atoms with Gasteiger partial charge in [-0.3, -0.25) is 24.5 Å². The molecule has 43 heavy (non-hydrogen) atoms. The molecule has 0 spiro atoms. The number of benzene rings is 3. The van der Waals surface area contributed by atoms with E-state index in [1.165, 1.54) is 46.4 Å². The normalized spacial score (nSPS) is 11.9. The van der Waals surface area contributed by atoms with Crippen molar-refractivity contribution in [2.45, 2.75) is 32.9 Å². The number of nitro groups is 1. The molecule has 5 rings (SSSR count). The molecule has 1 aliphatic rings. The van der Waals surface area contributed by atoms with Gasteiger partial charge in [-0.25, -0.2) is 0 Å². The fourth-order valence-electron chi connectivity index (χ4n) is 4.72. The van der Waals surface area contributed by atoms with Gasteiger partial charge in [-0.2, -0.15) is 0 Å². The second-order valence-electron chi connectivity index (χ2n) is 10.1. The molecule has 2 heterocycles. The highest BCUT2D eigenvalue weighted by atomic mass is 35.5. The van der Waals surface area contributed by atoms with Crippen molar-refractivity contribution < 1.29 is 28.4 Å². The van der Waals surface area contributed by atoms with Crippen molar-refractivity contribution >= 4 is 40.1 Å². The number of ether oxygens (including phenoxy) is 2. The van der Waals surface area contributed by atoms with Gasteiger partial charge < -0.3 is 23.7 Å². The number of halogens is 1. The topological polar surface area (TPSA) is 132 Å². The second-order valence-corrected chi connectivity index (χ2v) is 10.5. The van der Waals surface area contributed by atoms with Crippen molar-refractivity contribution in [3.8, 4) is 11.5 Å². The second kappa shape index (κ2) is 13.0. The first-order valence-electron chi connectivity index (χ1n) is 13.6. The number of hydrogen-bond donors (Lipinski definition) is 0. The summed E-state index contributed by atoms with van der Waals surface area (Å²) in [6, 6.07) is 15.3. The number of non-ortho nitro benzene ring substituents is 1. The van der Waals surface area contributed by atoms with Gasteiger partial charge in [0.2, 0.25) is 12.7 Å². The van der Waals surface area contributed by atoms with E-state index >= 15 is 0 Å². The molecule has 11 nitrogen and oxygen atoms in total. The van der Waals surface area contributed by atoms with Crippen molar-refractivity contribution in [3.63, 3.8) is 0 Å². The van der Waals surface area contributed by atoms with Gasteiger partial charge in [0.25, 0.3) is 11.6 Å². The lowest BCUT2D eigenvalue weighted by Gasteiger charge is -2.28. The van der Waals surface area contributed by atoms with Gasteiger partial charge in [-0.15, -0.1) is 0 Å². The maximum absolute atomic E-state index is 13.9. The van der Waals surface area contributed by atoms with Gasteiger partial charge in [-0.05, 0) is 54.4 Å². The summed E-state index contributed by atoms with van der Waals surface area (Å²) in [7, 11) is 0. The number of hydrogen-bond acceptors (Lipinski definition) is 8. The van der Waals surface area contributed by atoms with Crippen molar-refractivity contribution in [3.05, 3.63) is 109 Å². The molecule has 3 aromatic carbocycles. The molecular formula is C31H28ClN3O8. The van der Waals surface area contributed by atoms with Gasteiger partial charge in [0, 0.05) is 35.8 Å². The van der Waals surface area contributed by atoms with Crippen LogP contribution in [0, 0.1) is 10.1 Å². The Morgan fingerprint density at radius 2 is 1.74 bits per heavy atom. The predicted octanol–water partition coefficient (Wildman–Crippen LogP) is 5.55. The molecule has 0 radical (unpaired) electrons. The summed E-state index contributed by atoms with van der Waals surface area (Å²) in [5.74, 6) is 0.296. The minimum atomic E-state index is -0.544. The fraction of sp³-hybridized carbons (Fsp3) is 0.258. The molecular weight excluding hydrogens is 578 g/mol. The number of carbonyl (C=O) groups is 2. The van der Waals surface area contributed by atoms with Crippen molar-refractivity contribution in [1.82, 2.24) is 9.80 Å². The zero-order chi connectivity index (χ0) is 30.5. The van der Waals surface area contributed by atoms with Crippen LogP contribution in [0.15, 0.2) is 76.1 Å². The lowest BCUT2D eigenvalue weighted by molar-refractivity contribution is -0.384. The molecule has 1 aliphatic heterocycles. The molecule has 0 fully saturated rings. The largest absolute Gasteiger partial charge is 0.464 e. The van der Waals surface area contributed by atoms with Crippen molar-refractivity contribution in [2.75, 3.05) is 19.9 Å². The van der Waals surface area contributed by atoms with E-state index in [4.69, 9.17) is 25.5 Å². The number of rotatable bonds is 11. The Labute approximate surface area is 251 Å². The smallest absolute Gasteiger partial charge is 0.269 e. The Morgan fingerprint density at radius 1 is 0.977 bits per heavy atom. The number of nitrogens with zero attached hydrogens (tertiary/aromatic N) is 3. The molecule has 0 bridgehead atoms. The summed E-state index contributed by atoms with van der Waals surface area (Å²) in [6.07, 6.45) is 2.75. The number of unbranched alkanes of at least 4 members (excludes halogenated alkanes) is 1. The SMILES string of the molecule is CCCCN(CC(=O)N(Cc1ccc2c(c1)OCO2)Cc1coc2ccc(Cl)cc2c1=O)C(=O)c1ccc([N+](=O)[O-])cc1. The fourth-order valence-corrected chi connectivity index (χ4v) is 4.90. The van der Waals surface area contributed by atoms with Crippen LogP contribution in [-0.4, -0.2) is 46.4 Å². The summed E-state index contributed by atoms with van der Waals surface area (Å²) in [6.45, 7) is 2.10. The van der Waals surface area contributed by atoms with Crippen molar-refractivity contribution in [1.29, 1.82) is 0 Å². The Kier molecular flexibility index (Phi) is 8.91. The third-order valence-corrected chi connectivity index (χ3v) is 7.29. The van der Waals surface area contributed by atoms with Crippen LogP contribution < -0.4 is 14.9 Å². The average Bonchev–Trinajstić information content (AvgIpc) is 3.48. The molecule has 0 saturated heterocycles. The summed E-state index contributed by atoms with van der Waals surface area (Å²) in [5.41, 5.74) is 1.10. The molecule has 4 aromatic rings. The van der Waals surface area contributed by atoms with Crippen LogP contribution in [0.4, 0.5) is 5.69 Å². The molecule has 1 aromatic heterocycles. The third-order valence-electron chi connectivity index (χ3n) is 7.05. The maximum Gasteiger partial charge on any atom is 0.269 e. The summed E-state index contributed by atoms with van der Waals surface area (Å²) in [5, 5.41) is 11.7. The number of nitro benzene ring substituents is 1. The molecule has 12 heteroatoms. The van der Waals surface area contributed by atoms with Crippen LogP contribution in [0.25, 0.3) is 11.0 Å². The summed E-state index contributed by atoms with van der Waals surface area (Å²) < 4.78 is 16.6. The van der Waals surface area contributed by atoms with Crippen LogP contribution in [0.2, 0.25) is 5.02 Å². The lowest BCUT2D eigenvalue weighted by atomic mass is 10.1. The van der Waals surface area contributed by atoms with Gasteiger partial charge in [0.05, 0.1) is 28.7 Å². The van der Waals surface area contributed by atoms with E-state index in [2.05, 4.69) is 0 Å². The summed E-state index contributed by atoms with van der Waals surface area (Å²) in [4.78, 5) is 54.1. The highest BCUT2D eigenvalue weighted by Gasteiger charge is 2.25. The molecule has 0 saturated carbocycles. The molecule has 0 aliphatic carbocycles. The first-order valence-corrected chi connectivity index (χ1v) is 14.0. The van der Waals surface area contributed by atoms with E-state index in [9.17, 15) is 24.5 Å². The summed E-state index contributed by atoms with van der Waals surface area (Å²) >= 11 is 6.12. The minimum absolute atomic E-state index is 0.0919. The maximum atomic E-state index is 13.9. The van der Waals surface area contributed by atoms with E-state index in [0.29, 0.717) is 40.5 Å². The van der Waals surface area contributed by atoms with Gasteiger partial charge in [0.15, 0.2) is 16.9 Å². The van der Waals surface area contributed by atoms with Crippen LogP contribution in [-0.2, 0) is 17.9 Å². The van der Waals surface area contributed by atoms with E-state index in [1.807, 2.05) is 6.92 Å². The number of carbonyl (C=O) groups excluding carboxylic acids is 2. The third kappa shape index (κ3) is 6.78. The van der Waals surface area contributed by atoms with E-state index in [-0.39, 0.29) is 48.7 Å². The molecule has 0 unspecified atom stereocenters. The molecule has 222 valence electrons. The van der Waals surface area contributed by atoms with Crippen LogP contribution in [0.3, 0.4) is 0 Å². The van der Waals surface area contributed by atoms with Gasteiger partial charge in [0.1, 0.15) is 12.1 Å². The van der Waals surface area contributed by atoms with Crippen molar-refractivity contribution in [2.24, 2.45) is 0 Å². The number of amides is 2. The number of fused-ring (bicyclic) bond motifs is 2. The minimum Gasteiger partial charge on any atom is -0.464 e. The Bertz CT molecular complexity index is 1740. The first-order chi connectivity index (χ1) is 20.7. The highest BCUT2D eigenvalue weighted by molar-refractivity contribution is 6.31. The lowest BCUT2D eigenvalue weighted by Crippen LogP contribution is -2.43. The average molecular weight is 606 g/mol. The van der Waals surface area contributed by atoms with Gasteiger partial charge in [-0.1, -0.05) is 31.0 Å². The van der Waals surface area contributed by atoms with Crippen LogP contribution >= 0.6 is 11.6 Å². The molecule has 0 atom stereocenters. The van der Waals surface area contributed by atoms with Crippen LogP contribution in [0.5, 0.6) is 11.5 Å². The Balaban J connectivity index is 1.44. The first kappa shape index (κ1) is 29.6. The van der Waals surface area contributed by atoms with Crippen LogP contribution in [0.1, 0.15) is 41.3 Å². The zero-order valence-electron chi connectivity index (χ0n) is 23.3. The molecule has 0 N–H and O–H groups in total. The van der Waals surface area contributed by atoms with E-state index in [0.717, 1.165) is 12.0 Å². The van der Waals surface area contributed by atoms with E-state index < -0.39 is 16.7 Å². The Hall–Kier alpha value is -4.90. The molecule has 2 amide bonds. The standard InChI is InChI=1S/C31H28ClN3O8/c1-2-3-12-33(31(38)21-5-8-24(9-6-21)35(39)40)17-29(36)34(15-20-4-10-27-28(13-20)43-19-42-27)16-22-18-41-26-11-7-23(32)14-25(26)30(22)37/h4-11,13-14,18H,2-3,12,15-17,19H2,1H3. The van der Waals surface area contributed by atoms with E-state index in [1.54, 1.807) is 30.3 Å². The monoisotopic (exact) mass is 605 g/mol. The highest BCUT2D eigenvalue weighted by Crippen LogP contribution is 2.33. The Morgan fingerprint density at radius 3 is 2.49 bits per heavy atom. The van der Waals surface area contributed by atoms with Gasteiger partial charge >= 0.3 is 0 Å².